The predicted octanol–water partition coefficient (Wildman–Crippen LogP) is 2.27. The third-order valence-electron chi connectivity index (χ3n) is 3.50. The lowest BCUT2D eigenvalue weighted by molar-refractivity contribution is -0.122. The van der Waals surface area contributed by atoms with E-state index in [9.17, 15) is 13.2 Å². The molecule has 0 saturated carbocycles. The summed E-state index contributed by atoms with van der Waals surface area (Å²) in [5.74, 6) is -0.946. The van der Waals surface area contributed by atoms with Crippen molar-refractivity contribution < 1.29 is 22.9 Å². The molecule has 0 aliphatic carbocycles. The van der Waals surface area contributed by atoms with Gasteiger partial charge in [0.15, 0.2) is 0 Å². The summed E-state index contributed by atoms with van der Waals surface area (Å²) in [6.07, 6.45) is 10.7. The second-order valence-electron chi connectivity index (χ2n) is 5.77. The van der Waals surface area contributed by atoms with Gasteiger partial charge < -0.3 is 10.4 Å². The van der Waals surface area contributed by atoms with Gasteiger partial charge in [-0.1, -0.05) is 58.3 Å². The van der Waals surface area contributed by atoms with Gasteiger partial charge in [0.2, 0.25) is 5.91 Å². The Bertz CT molecular complexity index is 383. The average molecular weight is 337 g/mol. The molecule has 22 heavy (non-hydrogen) atoms. The van der Waals surface area contributed by atoms with Gasteiger partial charge in [-0.05, 0) is 6.42 Å². The largest absolute Gasteiger partial charge is 0.394 e. The number of hydrogen-bond acceptors (Lipinski definition) is 4. The molecule has 0 spiro atoms. The number of rotatable bonds is 14. The normalized spacial score (nSPS) is 13.0. The van der Waals surface area contributed by atoms with Gasteiger partial charge in [-0.2, -0.15) is 8.42 Å². The van der Waals surface area contributed by atoms with Gasteiger partial charge in [-0.15, -0.1) is 0 Å². The molecule has 0 rings (SSSR count). The Labute approximate surface area is 134 Å². The van der Waals surface area contributed by atoms with Crippen LogP contribution < -0.4 is 5.32 Å². The number of carbonyl (C=O) groups excluding carboxylic acids is 1. The third kappa shape index (κ3) is 14.3. The molecule has 132 valence electrons. The van der Waals surface area contributed by atoms with Crippen LogP contribution in [-0.4, -0.2) is 42.4 Å². The van der Waals surface area contributed by atoms with E-state index in [1.165, 1.54) is 38.5 Å². The van der Waals surface area contributed by atoms with Crippen LogP contribution in [0.3, 0.4) is 0 Å². The summed E-state index contributed by atoms with van der Waals surface area (Å²) in [6, 6.07) is -0.943. The van der Waals surface area contributed by atoms with Gasteiger partial charge in [0.1, 0.15) is 0 Å². The Morgan fingerprint density at radius 2 is 1.50 bits per heavy atom. The van der Waals surface area contributed by atoms with E-state index >= 15 is 0 Å². The van der Waals surface area contributed by atoms with Gasteiger partial charge >= 0.3 is 0 Å². The van der Waals surface area contributed by atoms with E-state index in [2.05, 4.69) is 12.2 Å². The van der Waals surface area contributed by atoms with Gasteiger partial charge in [0.25, 0.3) is 10.1 Å². The van der Waals surface area contributed by atoms with Crippen LogP contribution in [0.15, 0.2) is 0 Å². The number of hydrogen-bond donors (Lipinski definition) is 3. The lowest BCUT2D eigenvalue weighted by Gasteiger charge is -2.14. The summed E-state index contributed by atoms with van der Waals surface area (Å²) in [4.78, 5) is 11.6. The van der Waals surface area contributed by atoms with Crippen molar-refractivity contribution in [3.05, 3.63) is 0 Å². The molecule has 0 aliphatic rings. The lowest BCUT2D eigenvalue weighted by Crippen LogP contribution is -2.42. The van der Waals surface area contributed by atoms with E-state index in [0.29, 0.717) is 6.42 Å². The highest BCUT2D eigenvalue weighted by Crippen LogP contribution is 2.10. The molecule has 3 N–H and O–H groups in total. The summed E-state index contributed by atoms with van der Waals surface area (Å²) in [7, 11) is -4.20. The minimum absolute atomic E-state index is 0.286. The van der Waals surface area contributed by atoms with Crippen molar-refractivity contribution >= 4 is 16.0 Å². The average Bonchev–Trinajstić information content (AvgIpc) is 2.43. The number of aliphatic hydroxyl groups excluding tert-OH is 1. The highest BCUT2D eigenvalue weighted by Gasteiger charge is 2.17. The van der Waals surface area contributed by atoms with Crippen molar-refractivity contribution in [2.75, 3.05) is 12.4 Å². The minimum atomic E-state index is -4.20. The Morgan fingerprint density at radius 3 is 1.95 bits per heavy atom. The topological polar surface area (TPSA) is 104 Å². The smallest absolute Gasteiger partial charge is 0.266 e. The van der Waals surface area contributed by atoms with Gasteiger partial charge in [0, 0.05) is 6.42 Å². The van der Waals surface area contributed by atoms with E-state index < -0.39 is 28.5 Å². The van der Waals surface area contributed by atoms with E-state index in [4.69, 9.17) is 9.66 Å². The molecule has 0 saturated heterocycles. The van der Waals surface area contributed by atoms with E-state index in [1.807, 2.05) is 0 Å². The van der Waals surface area contributed by atoms with Gasteiger partial charge in [-0.3, -0.25) is 9.35 Å². The predicted molar refractivity (Wildman–Crippen MR) is 87.3 cm³/mol. The zero-order chi connectivity index (χ0) is 16.8. The summed E-state index contributed by atoms with van der Waals surface area (Å²) < 4.78 is 30.1. The monoisotopic (exact) mass is 337 g/mol. The van der Waals surface area contributed by atoms with Crippen LogP contribution in [0.2, 0.25) is 0 Å². The Kier molecular flexibility index (Phi) is 12.5. The molecule has 0 aromatic rings. The number of nitrogens with one attached hydrogen (secondary N) is 1. The van der Waals surface area contributed by atoms with Crippen molar-refractivity contribution in [3.63, 3.8) is 0 Å². The second kappa shape index (κ2) is 12.8. The Hall–Kier alpha value is -0.660. The van der Waals surface area contributed by atoms with Gasteiger partial charge in [-0.25, -0.2) is 0 Å². The highest BCUT2D eigenvalue weighted by atomic mass is 32.2. The molecule has 1 unspecified atom stereocenters. The number of unbranched alkanes of at least 4 members (excludes halogenated alkanes) is 8. The minimum Gasteiger partial charge on any atom is -0.394 e. The first-order chi connectivity index (χ1) is 10.4. The molecular formula is C15H31NO5S. The van der Waals surface area contributed by atoms with Crippen molar-refractivity contribution in [3.8, 4) is 0 Å². The Morgan fingerprint density at radius 1 is 1.00 bits per heavy atom. The molecule has 6 nitrogen and oxygen atoms in total. The highest BCUT2D eigenvalue weighted by molar-refractivity contribution is 7.85. The summed E-state index contributed by atoms with van der Waals surface area (Å²) in [5, 5.41) is 11.4. The molecule has 7 heteroatoms. The van der Waals surface area contributed by atoms with E-state index in [0.717, 1.165) is 19.3 Å². The molecule has 0 aromatic heterocycles. The summed E-state index contributed by atoms with van der Waals surface area (Å²) >= 11 is 0. The molecule has 0 radical (unpaired) electrons. The summed E-state index contributed by atoms with van der Waals surface area (Å²) in [5.41, 5.74) is 0. The maximum Gasteiger partial charge on any atom is 0.266 e. The van der Waals surface area contributed by atoms with Crippen molar-refractivity contribution in [1.82, 2.24) is 5.32 Å². The van der Waals surface area contributed by atoms with Crippen LogP contribution in [0.1, 0.15) is 71.1 Å². The molecule has 0 heterocycles. The number of carbonyl (C=O) groups is 1. The summed E-state index contributed by atoms with van der Waals surface area (Å²) in [6.45, 7) is 1.69. The fourth-order valence-corrected chi connectivity index (χ4v) is 2.99. The third-order valence-corrected chi connectivity index (χ3v) is 4.33. The lowest BCUT2D eigenvalue weighted by atomic mass is 10.1. The molecule has 0 fully saturated rings. The van der Waals surface area contributed by atoms with Crippen molar-refractivity contribution in [2.45, 2.75) is 77.2 Å². The first kappa shape index (κ1) is 21.3. The number of amides is 1. The first-order valence-electron chi connectivity index (χ1n) is 8.24. The molecule has 0 bridgehead atoms. The quantitative estimate of drug-likeness (QED) is 0.333. The van der Waals surface area contributed by atoms with Crippen LogP contribution in [0.4, 0.5) is 0 Å². The van der Waals surface area contributed by atoms with Gasteiger partial charge in [0.05, 0.1) is 18.4 Å². The van der Waals surface area contributed by atoms with Crippen LogP contribution in [-0.2, 0) is 14.9 Å². The second-order valence-corrected chi connectivity index (χ2v) is 7.27. The van der Waals surface area contributed by atoms with Crippen LogP contribution >= 0.6 is 0 Å². The fraction of sp³-hybridized carbons (Fsp3) is 0.933. The van der Waals surface area contributed by atoms with Crippen molar-refractivity contribution in [2.24, 2.45) is 0 Å². The molecule has 0 aliphatic heterocycles. The molecule has 1 amide bonds. The SMILES string of the molecule is CCCCCCCCCCCC(=O)NC(CO)CS(=O)(=O)O. The zero-order valence-electron chi connectivity index (χ0n) is 13.6. The number of aliphatic hydroxyl groups is 1. The van der Waals surface area contributed by atoms with Crippen LogP contribution in [0.25, 0.3) is 0 Å². The fourth-order valence-electron chi connectivity index (χ4n) is 2.29. The molecule has 1 atom stereocenters. The van der Waals surface area contributed by atoms with Crippen LogP contribution in [0, 0.1) is 0 Å². The Balaban J connectivity index is 3.60. The maximum absolute atomic E-state index is 11.6. The molecular weight excluding hydrogens is 306 g/mol. The molecule has 0 aromatic carbocycles. The van der Waals surface area contributed by atoms with Crippen molar-refractivity contribution in [1.29, 1.82) is 0 Å². The first-order valence-corrected chi connectivity index (χ1v) is 9.85. The maximum atomic E-state index is 11.6. The van der Waals surface area contributed by atoms with E-state index in [1.54, 1.807) is 0 Å². The standard InChI is InChI=1S/C15H31NO5S/c1-2-3-4-5-6-7-8-9-10-11-15(18)16-14(12-17)13-22(19,20)21/h14,17H,2-13H2,1H3,(H,16,18)(H,19,20,21). The van der Waals surface area contributed by atoms with Crippen LogP contribution in [0.5, 0.6) is 0 Å². The zero-order valence-corrected chi connectivity index (χ0v) is 14.4. The van der Waals surface area contributed by atoms with E-state index in [-0.39, 0.29) is 5.91 Å².